The molecule has 4 aromatic heterocycles. The number of aliphatic imine (C=N–C) groups is 1. The first kappa shape index (κ1) is 35.8. The zero-order valence-electron chi connectivity index (χ0n) is 32.0. The predicted molar refractivity (Wildman–Crippen MR) is 230 cm³/mol. The molecule has 0 saturated carbocycles. The summed E-state index contributed by atoms with van der Waals surface area (Å²) < 4.78 is 0. The first-order valence-corrected chi connectivity index (χ1v) is 18.6. The summed E-state index contributed by atoms with van der Waals surface area (Å²) in [6.45, 7) is 12.5. The van der Waals surface area contributed by atoms with Gasteiger partial charge in [-0.2, -0.15) is 0 Å². The number of fused-ring (bicyclic) bond motifs is 2. The molecule has 0 N–H and O–H groups in total. The minimum absolute atomic E-state index is 0.442. The van der Waals surface area contributed by atoms with Crippen LogP contribution >= 0.6 is 0 Å². The molecule has 0 saturated heterocycles. The monoisotopic (exact) mass is 730 g/mol. The largest absolute Gasteiger partial charge is 0.309 e. The molecule has 5 heterocycles. The summed E-state index contributed by atoms with van der Waals surface area (Å²) in [5.74, 6) is 0. The van der Waals surface area contributed by atoms with Crippen molar-refractivity contribution in [1.29, 1.82) is 0 Å². The van der Waals surface area contributed by atoms with E-state index in [-0.39, 0.29) is 0 Å². The molecule has 0 spiro atoms. The van der Waals surface area contributed by atoms with Crippen LogP contribution in [0.25, 0.3) is 11.3 Å². The molecular weight excluding hydrogens is 689 g/mol. The molecule has 0 radical (unpaired) electrons. The minimum atomic E-state index is -0.442. The Labute approximate surface area is 328 Å². The van der Waals surface area contributed by atoms with Crippen LogP contribution < -0.4 is 14.7 Å². The highest BCUT2D eigenvalue weighted by Crippen LogP contribution is 2.55. The van der Waals surface area contributed by atoms with Gasteiger partial charge in [0.1, 0.15) is 0 Å². The van der Waals surface area contributed by atoms with Crippen LogP contribution in [0.2, 0.25) is 0 Å². The van der Waals surface area contributed by atoms with Gasteiger partial charge in [0.25, 0.3) is 0 Å². The normalized spacial score (nSPS) is 13.2. The number of aromatic nitrogens is 4. The van der Waals surface area contributed by atoms with E-state index in [2.05, 4.69) is 129 Å². The van der Waals surface area contributed by atoms with Crippen LogP contribution in [0.5, 0.6) is 0 Å². The van der Waals surface area contributed by atoms with Gasteiger partial charge in [0.2, 0.25) is 0 Å². The number of allylic oxidation sites excluding steroid dienone is 2. The highest BCUT2D eigenvalue weighted by atomic mass is 15.2. The van der Waals surface area contributed by atoms with Crippen LogP contribution in [0.3, 0.4) is 0 Å². The van der Waals surface area contributed by atoms with Crippen molar-refractivity contribution in [2.24, 2.45) is 4.99 Å². The second-order valence-corrected chi connectivity index (χ2v) is 14.1. The molecule has 0 bridgehead atoms. The Hall–Kier alpha value is -7.19. The van der Waals surface area contributed by atoms with Crippen LogP contribution in [0.1, 0.15) is 37.6 Å². The second-order valence-electron chi connectivity index (χ2n) is 14.1. The summed E-state index contributed by atoms with van der Waals surface area (Å²) >= 11 is 0. The topological polar surface area (TPSA) is 73.6 Å². The van der Waals surface area contributed by atoms with E-state index in [9.17, 15) is 0 Å². The van der Waals surface area contributed by atoms with Gasteiger partial charge in [0.05, 0.1) is 52.2 Å². The number of aryl methyl sites for hydroxylation is 1. The molecule has 274 valence electrons. The van der Waals surface area contributed by atoms with E-state index in [1.54, 1.807) is 12.4 Å². The third-order valence-corrected chi connectivity index (χ3v) is 10.2. The van der Waals surface area contributed by atoms with E-state index in [0.717, 1.165) is 73.7 Å². The fourth-order valence-corrected chi connectivity index (χ4v) is 7.62. The molecule has 56 heavy (non-hydrogen) atoms. The van der Waals surface area contributed by atoms with Crippen molar-refractivity contribution < 1.29 is 0 Å². The van der Waals surface area contributed by atoms with Crippen molar-refractivity contribution >= 4 is 52.2 Å². The van der Waals surface area contributed by atoms with Gasteiger partial charge in [-0.25, -0.2) is 0 Å². The maximum absolute atomic E-state index is 5.17. The highest BCUT2D eigenvalue weighted by Gasteiger charge is 2.39. The smallest absolute Gasteiger partial charge is 0.0706 e. The second kappa shape index (κ2) is 15.3. The lowest BCUT2D eigenvalue weighted by atomic mass is 9.73. The SMILES string of the molecule is C=N/C=C(\C=C/C)N(c1ccncc1)c1ccc2c(c1)C(C)(C)c1cc(N(c3ccncc3)c3cccnc3)ccc1N2c1ccc(-c2ccccc2)nc1C. The minimum Gasteiger partial charge on any atom is -0.309 e. The van der Waals surface area contributed by atoms with Crippen LogP contribution in [-0.2, 0) is 5.41 Å². The Morgan fingerprint density at radius 2 is 1.30 bits per heavy atom. The Morgan fingerprint density at radius 3 is 1.93 bits per heavy atom. The molecule has 0 unspecified atom stereocenters. The lowest BCUT2D eigenvalue weighted by Crippen LogP contribution is -2.32. The molecule has 7 aromatic rings. The van der Waals surface area contributed by atoms with E-state index in [0.29, 0.717) is 0 Å². The van der Waals surface area contributed by atoms with Gasteiger partial charge >= 0.3 is 0 Å². The van der Waals surface area contributed by atoms with E-state index >= 15 is 0 Å². The molecule has 1 aliphatic heterocycles. The number of nitrogens with zero attached hydrogens (tertiary/aromatic N) is 8. The molecule has 1 aliphatic rings. The average Bonchev–Trinajstić information content (AvgIpc) is 3.23. The van der Waals surface area contributed by atoms with E-state index in [1.807, 2.05) is 98.6 Å². The van der Waals surface area contributed by atoms with Crippen LogP contribution in [0.4, 0.5) is 45.5 Å². The van der Waals surface area contributed by atoms with Crippen LogP contribution in [0.15, 0.2) is 181 Å². The lowest BCUT2D eigenvalue weighted by molar-refractivity contribution is 0.632. The Kier molecular flexibility index (Phi) is 9.77. The van der Waals surface area contributed by atoms with Gasteiger partial charge in [-0.15, -0.1) is 0 Å². The van der Waals surface area contributed by atoms with E-state index < -0.39 is 5.41 Å². The van der Waals surface area contributed by atoms with Crippen molar-refractivity contribution in [3.63, 3.8) is 0 Å². The molecule has 0 aliphatic carbocycles. The van der Waals surface area contributed by atoms with Crippen molar-refractivity contribution in [2.75, 3.05) is 14.7 Å². The first-order valence-electron chi connectivity index (χ1n) is 18.6. The molecular formula is C48H42N8. The first-order chi connectivity index (χ1) is 27.4. The number of anilines is 8. The third-order valence-electron chi connectivity index (χ3n) is 10.2. The Morgan fingerprint density at radius 1 is 0.661 bits per heavy atom. The molecule has 0 atom stereocenters. The Balaban J connectivity index is 1.36. The van der Waals surface area contributed by atoms with E-state index in [1.165, 1.54) is 5.56 Å². The summed E-state index contributed by atoms with van der Waals surface area (Å²) in [5.41, 5.74) is 13.8. The van der Waals surface area contributed by atoms with Crippen LogP contribution in [-0.4, -0.2) is 26.7 Å². The number of benzene rings is 3. The average molecular weight is 731 g/mol. The van der Waals surface area contributed by atoms with Crippen LogP contribution in [0, 0.1) is 6.92 Å². The quantitative estimate of drug-likeness (QED) is 0.102. The fraction of sp³-hybridized carbons (Fsp3) is 0.104. The zero-order chi connectivity index (χ0) is 38.6. The summed E-state index contributed by atoms with van der Waals surface area (Å²) in [6.07, 6.45) is 16.8. The van der Waals surface area contributed by atoms with Gasteiger partial charge in [-0.1, -0.05) is 50.3 Å². The van der Waals surface area contributed by atoms with Crippen molar-refractivity contribution in [3.05, 3.63) is 193 Å². The molecule has 8 nitrogen and oxygen atoms in total. The zero-order valence-corrected chi connectivity index (χ0v) is 32.0. The lowest BCUT2D eigenvalue weighted by Gasteiger charge is -2.43. The number of hydrogen-bond donors (Lipinski definition) is 0. The number of hydrogen-bond acceptors (Lipinski definition) is 8. The van der Waals surface area contributed by atoms with Crippen molar-refractivity contribution in [2.45, 2.75) is 33.1 Å². The van der Waals surface area contributed by atoms with Gasteiger partial charge in [-0.3, -0.25) is 24.9 Å². The molecule has 0 amide bonds. The number of pyridine rings is 4. The third kappa shape index (κ3) is 6.62. The molecule has 3 aromatic carbocycles. The summed E-state index contributed by atoms with van der Waals surface area (Å²) in [7, 11) is 0. The Bertz CT molecular complexity index is 2510. The van der Waals surface area contributed by atoms with Gasteiger partial charge < -0.3 is 14.7 Å². The predicted octanol–water partition coefficient (Wildman–Crippen LogP) is 12.1. The number of rotatable bonds is 10. The van der Waals surface area contributed by atoms with Crippen molar-refractivity contribution in [1.82, 2.24) is 19.9 Å². The fourth-order valence-electron chi connectivity index (χ4n) is 7.62. The van der Waals surface area contributed by atoms with Gasteiger partial charge in [0, 0.05) is 64.7 Å². The van der Waals surface area contributed by atoms with Crippen molar-refractivity contribution in [3.8, 4) is 11.3 Å². The van der Waals surface area contributed by atoms with E-state index in [4.69, 9.17) is 4.98 Å². The maximum atomic E-state index is 5.17. The van der Waals surface area contributed by atoms with Gasteiger partial charge in [0.15, 0.2) is 0 Å². The summed E-state index contributed by atoms with van der Waals surface area (Å²) in [5, 5.41) is 0. The highest BCUT2D eigenvalue weighted by molar-refractivity contribution is 5.90. The molecule has 8 heteroatoms. The summed E-state index contributed by atoms with van der Waals surface area (Å²) in [6, 6.07) is 40.2. The molecule has 8 rings (SSSR count). The molecule has 0 fully saturated rings. The standard InChI is InChI=1S/C48H42N8/c1-6-11-40(32-49-5)54(36-21-26-50-27-22-36)38-15-18-46-42(30-38)48(3,4)43-31-39(55(37-23-28-51-29-24-37)41-14-10-25-52-33-41)16-19-47(43)56(46)45-20-17-44(53-34(45)2)35-12-8-7-9-13-35/h6-33H,5H2,1-4H3/b11-6-,40-32+. The summed E-state index contributed by atoms with van der Waals surface area (Å²) in [4.78, 5) is 29.2. The maximum Gasteiger partial charge on any atom is 0.0706 e. The van der Waals surface area contributed by atoms with Gasteiger partial charge in [-0.05, 0) is 123 Å².